The van der Waals surface area contributed by atoms with Crippen LogP contribution in [0, 0.1) is 0 Å². The van der Waals surface area contributed by atoms with E-state index in [4.69, 9.17) is 18.9 Å². The molecule has 6 nitrogen and oxygen atoms in total. The summed E-state index contributed by atoms with van der Waals surface area (Å²) in [5, 5.41) is 2.96. The molecule has 1 heterocycles. The van der Waals surface area contributed by atoms with Gasteiger partial charge in [0.05, 0.1) is 0 Å². The molecule has 0 spiro atoms. The van der Waals surface area contributed by atoms with Crippen LogP contribution in [0.3, 0.4) is 0 Å². The molecule has 0 unspecified atom stereocenters. The van der Waals surface area contributed by atoms with Gasteiger partial charge in [-0.3, -0.25) is 4.79 Å². The van der Waals surface area contributed by atoms with Crippen LogP contribution in [-0.2, 0) is 11.2 Å². The number of hydrogen-bond acceptors (Lipinski definition) is 5. The standard InChI is InChI=1S/C30H41NO5/c1-7-29(3,4)35-24-15-14-23(26(20-24)36-30(5,6)8-2)11-9-10-18-31-28(32)17-13-22-12-16-25-27(19-22)34-21-33-25/h12-17,19-20H,7-11,18,21H2,1-6H3,(H,31,32)/b17-13+. The second kappa shape index (κ2) is 12.2. The van der Waals surface area contributed by atoms with E-state index in [0.717, 1.165) is 60.5 Å². The van der Waals surface area contributed by atoms with Gasteiger partial charge in [0.2, 0.25) is 12.7 Å². The quantitative estimate of drug-likeness (QED) is 0.247. The fourth-order valence-electron chi connectivity index (χ4n) is 3.56. The molecule has 2 aromatic rings. The summed E-state index contributed by atoms with van der Waals surface area (Å²) in [7, 11) is 0. The van der Waals surface area contributed by atoms with Gasteiger partial charge in [-0.05, 0) is 95.2 Å². The summed E-state index contributed by atoms with van der Waals surface area (Å²) in [6.45, 7) is 13.5. The molecule has 0 radical (unpaired) electrons. The van der Waals surface area contributed by atoms with Gasteiger partial charge in [0, 0.05) is 18.7 Å². The van der Waals surface area contributed by atoms with Gasteiger partial charge in [-0.2, -0.15) is 0 Å². The number of rotatable bonds is 13. The topological polar surface area (TPSA) is 66.0 Å². The third-order valence-electron chi connectivity index (χ3n) is 6.52. The van der Waals surface area contributed by atoms with Crippen LogP contribution in [0.4, 0.5) is 0 Å². The van der Waals surface area contributed by atoms with Crippen LogP contribution < -0.4 is 24.3 Å². The molecule has 1 N–H and O–H groups in total. The number of fused-ring (bicyclic) bond motifs is 1. The van der Waals surface area contributed by atoms with Crippen molar-refractivity contribution in [2.45, 2.75) is 84.8 Å². The number of nitrogens with one attached hydrogen (secondary N) is 1. The van der Waals surface area contributed by atoms with Gasteiger partial charge in [0.15, 0.2) is 11.5 Å². The molecule has 0 aromatic heterocycles. The zero-order valence-electron chi connectivity index (χ0n) is 22.6. The zero-order valence-corrected chi connectivity index (χ0v) is 22.6. The first-order valence-electron chi connectivity index (χ1n) is 13.0. The number of ether oxygens (including phenoxy) is 4. The van der Waals surface area contributed by atoms with Gasteiger partial charge in [-0.25, -0.2) is 0 Å². The third kappa shape index (κ3) is 8.21. The summed E-state index contributed by atoms with van der Waals surface area (Å²) < 4.78 is 23.3. The van der Waals surface area contributed by atoms with E-state index in [9.17, 15) is 4.79 Å². The van der Waals surface area contributed by atoms with Gasteiger partial charge in [-0.15, -0.1) is 0 Å². The van der Waals surface area contributed by atoms with Crippen molar-refractivity contribution in [3.63, 3.8) is 0 Å². The summed E-state index contributed by atoms with van der Waals surface area (Å²) in [5.41, 5.74) is 1.57. The van der Waals surface area contributed by atoms with Crippen LogP contribution in [0.15, 0.2) is 42.5 Å². The van der Waals surface area contributed by atoms with E-state index < -0.39 is 0 Å². The molecule has 2 aromatic carbocycles. The molecule has 1 amide bonds. The second-order valence-electron chi connectivity index (χ2n) is 10.4. The second-order valence-corrected chi connectivity index (χ2v) is 10.4. The average Bonchev–Trinajstić information content (AvgIpc) is 3.31. The molecule has 196 valence electrons. The van der Waals surface area contributed by atoms with Crippen molar-refractivity contribution in [1.82, 2.24) is 5.32 Å². The minimum absolute atomic E-state index is 0.110. The first kappa shape index (κ1) is 27.4. The Labute approximate surface area is 216 Å². The van der Waals surface area contributed by atoms with Gasteiger partial charge in [0.1, 0.15) is 22.7 Å². The number of aryl methyl sites for hydroxylation is 1. The molecule has 0 fully saturated rings. The maximum absolute atomic E-state index is 12.2. The maximum atomic E-state index is 12.2. The minimum atomic E-state index is -0.258. The van der Waals surface area contributed by atoms with Crippen molar-refractivity contribution in [3.8, 4) is 23.0 Å². The molecule has 0 saturated heterocycles. The first-order valence-corrected chi connectivity index (χ1v) is 13.0. The fraction of sp³-hybridized carbons (Fsp3) is 0.500. The number of unbranched alkanes of at least 4 members (excludes halogenated alkanes) is 1. The first-order chi connectivity index (χ1) is 17.1. The molecule has 0 aliphatic carbocycles. The molecule has 36 heavy (non-hydrogen) atoms. The number of benzene rings is 2. The van der Waals surface area contributed by atoms with Crippen molar-refractivity contribution in [2.24, 2.45) is 0 Å². The number of carbonyl (C=O) groups is 1. The lowest BCUT2D eigenvalue weighted by Crippen LogP contribution is -2.28. The van der Waals surface area contributed by atoms with Crippen LogP contribution in [0.1, 0.15) is 78.4 Å². The summed E-state index contributed by atoms with van der Waals surface area (Å²) in [4.78, 5) is 12.2. The molecular formula is C30H41NO5. The third-order valence-corrected chi connectivity index (χ3v) is 6.52. The van der Waals surface area contributed by atoms with Gasteiger partial charge < -0.3 is 24.3 Å². The predicted octanol–water partition coefficient (Wildman–Crippen LogP) is 6.70. The Balaban J connectivity index is 1.50. The Kier molecular flexibility index (Phi) is 9.30. The monoisotopic (exact) mass is 495 g/mol. The highest BCUT2D eigenvalue weighted by molar-refractivity contribution is 5.91. The largest absolute Gasteiger partial charge is 0.488 e. The molecule has 0 saturated carbocycles. The normalized spacial score (nSPS) is 13.2. The molecule has 3 rings (SSSR count). The minimum Gasteiger partial charge on any atom is -0.488 e. The Bertz CT molecular complexity index is 1060. The highest BCUT2D eigenvalue weighted by Crippen LogP contribution is 2.33. The van der Waals surface area contributed by atoms with Gasteiger partial charge >= 0.3 is 0 Å². The number of hydrogen-bond donors (Lipinski definition) is 1. The van der Waals surface area contributed by atoms with Crippen molar-refractivity contribution in [1.29, 1.82) is 0 Å². The summed E-state index contributed by atoms with van der Waals surface area (Å²) in [6, 6.07) is 11.8. The van der Waals surface area contributed by atoms with Crippen LogP contribution in [0.2, 0.25) is 0 Å². The van der Waals surface area contributed by atoms with E-state index >= 15 is 0 Å². The van der Waals surface area contributed by atoms with Gasteiger partial charge in [0.25, 0.3) is 0 Å². The lowest BCUT2D eigenvalue weighted by molar-refractivity contribution is -0.116. The lowest BCUT2D eigenvalue weighted by atomic mass is 10.0. The van der Waals surface area contributed by atoms with E-state index in [1.807, 2.05) is 30.3 Å². The highest BCUT2D eigenvalue weighted by atomic mass is 16.7. The average molecular weight is 496 g/mol. The Morgan fingerprint density at radius 1 is 0.944 bits per heavy atom. The summed E-state index contributed by atoms with van der Waals surface area (Å²) in [6.07, 6.45) is 7.84. The number of carbonyl (C=O) groups excluding carboxylic acids is 1. The highest BCUT2D eigenvalue weighted by Gasteiger charge is 2.21. The molecular weight excluding hydrogens is 454 g/mol. The molecule has 0 atom stereocenters. The zero-order chi connectivity index (χ0) is 26.2. The van der Waals surface area contributed by atoms with E-state index in [-0.39, 0.29) is 23.9 Å². The molecule has 1 aliphatic heterocycles. The van der Waals surface area contributed by atoms with E-state index in [0.29, 0.717) is 12.3 Å². The molecule has 1 aliphatic rings. The Hall–Kier alpha value is -3.15. The summed E-state index contributed by atoms with van der Waals surface area (Å²) >= 11 is 0. The summed E-state index contributed by atoms with van der Waals surface area (Å²) in [5.74, 6) is 3.03. The lowest BCUT2D eigenvalue weighted by Gasteiger charge is -2.29. The smallest absolute Gasteiger partial charge is 0.243 e. The van der Waals surface area contributed by atoms with Crippen LogP contribution in [-0.4, -0.2) is 30.4 Å². The Morgan fingerprint density at radius 2 is 1.67 bits per heavy atom. The van der Waals surface area contributed by atoms with Crippen molar-refractivity contribution in [2.75, 3.05) is 13.3 Å². The van der Waals surface area contributed by atoms with Gasteiger partial charge in [-0.1, -0.05) is 26.0 Å². The molecule has 0 bridgehead atoms. The maximum Gasteiger partial charge on any atom is 0.243 e. The number of amides is 1. The van der Waals surface area contributed by atoms with Crippen molar-refractivity contribution >= 4 is 12.0 Å². The molecule has 6 heteroatoms. The van der Waals surface area contributed by atoms with Crippen LogP contribution in [0.25, 0.3) is 6.08 Å². The van der Waals surface area contributed by atoms with E-state index in [2.05, 4.69) is 52.9 Å². The van der Waals surface area contributed by atoms with Crippen LogP contribution in [0.5, 0.6) is 23.0 Å². The van der Waals surface area contributed by atoms with E-state index in [1.165, 1.54) is 0 Å². The SMILES string of the molecule is CCC(C)(C)Oc1ccc(CCCCNC(=O)/C=C/c2ccc3c(c2)OCO3)c(OC(C)(C)CC)c1. The van der Waals surface area contributed by atoms with Crippen LogP contribution >= 0.6 is 0 Å². The van der Waals surface area contributed by atoms with E-state index in [1.54, 1.807) is 12.2 Å². The van der Waals surface area contributed by atoms with Crippen molar-refractivity contribution in [3.05, 3.63) is 53.6 Å². The Morgan fingerprint density at radius 3 is 2.42 bits per heavy atom. The van der Waals surface area contributed by atoms with Crippen molar-refractivity contribution < 1.29 is 23.7 Å². The fourth-order valence-corrected chi connectivity index (χ4v) is 3.56. The predicted molar refractivity (Wildman–Crippen MR) is 144 cm³/mol.